The number of rotatable bonds is 4. The Labute approximate surface area is 160 Å². The van der Waals surface area contributed by atoms with Crippen molar-refractivity contribution in [3.63, 3.8) is 0 Å². The molecule has 0 saturated carbocycles. The molecule has 2 aliphatic rings. The molecule has 1 N–H and O–H groups in total. The third-order valence-corrected chi connectivity index (χ3v) is 10.1. The van der Waals surface area contributed by atoms with E-state index in [1.807, 2.05) is 25.1 Å². The van der Waals surface area contributed by atoms with E-state index < -0.39 is 14.9 Å². The number of fused-ring (bicyclic) bond motifs is 5. The fraction of sp³-hybridized carbons (Fsp3) is 0.450. The summed E-state index contributed by atoms with van der Waals surface area (Å²) in [6.07, 6.45) is 6.44. The quantitative estimate of drug-likeness (QED) is 0.875. The standard InChI is InChI=1S/C20H25FN4OS/c1-25(2)12-18(26)22-20-10-9-17(27(20,3)4)14-11-16(23-24-19(14)20)13-7-5-6-8-15(13)21/h5-8,11,17H,9-10,12H2,1-4H3,(H,22,26)/t17-,20+/m0/s1. The van der Waals surface area contributed by atoms with E-state index in [-0.39, 0.29) is 11.7 Å². The lowest BCUT2D eigenvalue weighted by molar-refractivity contribution is -0.122. The van der Waals surface area contributed by atoms with Crippen molar-refractivity contribution in [2.24, 2.45) is 0 Å². The van der Waals surface area contributed by atoms with Gasteiger partial charge in [-0.25, -0.2) is 14.4 Å². The third-order valence-electron chi connectivity index (χ3n) is 5.87. The number of halogens is 1. The summed E-state index contributed by atoms with van der Waals surface area (Å²) in [6, 6.07) is 8.63. The highest BCUT2D eigenvalue weighted by Crippen LogP contribution is 2.79. The average molecular weight is 389 g/mol. The molecule has 0 unspecified atom stereocenters. The highest BCUT2D eigenvalue weighted by Gasteiger charge is 2.61. The van der Waals surface area contributed by atoms with Crippen LogP contribution in [-0.4, -0.2) is 54.2 Å². The van der Waals surface area contributed by atoms with Gasteiger partial charge in [0.25, 0.3) is 0 Å². The van der Waals surface area contributed by atoms with Crippen LogP contribution in [0.5, 0.6) is 0 Å². The molecule has 1 saturated heterocycles. The largest absolute Gasteiger partial charge is 0.336 e. The molecule has 0 radical (unpaired) electrons. The lowest BCUT2D eigenvalue weighted by atomic mass is 9.91. The smallest absolute Gasteiger partial charge is 0.235 e. The van der Waals surface area contributed by atoms with E-state index in [1.165, 1.54) is 6.07 Å². The monoisotopic (exact) mass is 388 g/mol. The van der Waals surface area contributed by atoms with Crippen molar-refractivity contribution in [2.75, 3.05) is 33.2 Å². The summed E-state index contributed by atoms with van der Waals surface area (Å²) in [7, 11) is 2.57. The van der Waals surface area contributed by atoms with Gasteiger partial charge in [0, 0.05) is 10.8 Å². The second-order valence-corrected chi connectivity index (χ2v) is 12.1. The van der Waals surface area contributed by atoms with E-state index in [1.54, 1.807) is 18.2 Å². The molecule has 4 rings (SSSR count). The van der Waals surface area contributed by atoms with Crippen LogP contribution in [0.3, 0.4) is 0 Å². The highest BCUT2D eigenvalue weighted by molar-refractivity contribution is 8.33. The Kier molecular flexibility index (Phi) is 4.27. The second kappa shape index (κ2) is 6.27. The first-order chi connectivity index (χ1) is 12.8. The predicted octanol–water partition coefficient (Wildman–Crippen LogP) is 3.03. The average Bonchev–Trinajstić information content (AvgIpc) is 2.94. The Balaban J connectivity index is 1.77. The van der Waals surface area contributed by atoms with Crippen molar-refractivity contribution >= 4 is 15.9 Å². The summed E-state index contributed by atoms with van der Waals surface area (Å²) < 4.78 is 14.2. The highest BCUT2D eigenvalue weighted by atomic mass is 32.3. The maximum Gasteiger partial charge on any atom is 0.235 e. The minimum atomic E-state index is -1.20. The van der Waals surface area contributed by atoms with Gasteiger partial charge in [-0.1, -0.05) is 12.1 Å². The van der Waals surface area contributed by atoms with Crippen LogP contribution in [0.15, 0.2) is 30.3 Å². The lowest BCUT2D eigenvalue weighted by Crippen LogP contribution is -2.48. The minimum absolute atomic E-state index is 0.00838. The van der Waals surface area contributed by atoms with Crippen molar-refractivity contribution in [1.82, 2.24) is 20.4 Å². The first-order valence-electron chi connectivity index (χ1n) is 9.07. The van der Waals surface area contributed by atoms with Gasteiger partial charge in [-0.15, -0.1) is 0 Å². The second-order valence-electron chi connectivity index (χ2n) is 8.06. The number of carbonyl (C=O) groups is 1. The van der Waals surface area contributed by atoms with Crippen LogP contribution in [0.25, 0.3) is 11.3 Å². The zero-order chi connectivity index (χ0) is 19.4. The molecule has 27 heavy (non-hydrogen) atoms. The van der Waals surface area contributed by atoms with Crippen molar-refractivity contribution in [3.8, 4) is 11.3 Å². The zero-order valence-corrected chi connectivity index (χ0v) is 16.9. The van der Waals surface area contributed by atoms with Crippen LogP contribution in [-0.2, 0) is 9.67 Å². The molecule has 0 spiro atoms. The van der Waals surface area contributed by atoms with Crippen LogP contribution in [0.4, 0.5) is 4.39 Å². The molecular weight excluding hydrogens is 363 g/mol. The van der Waals surface area contributed by atoms with Crippen molar-refractivity contribution in [3.05, 3.63) is 47.4 Å². The molecule has 2 aliphatic heterocycles. The Hall–Kier alpha value is -1.99. The van der Waals surface area contributed by atoms with Gasteiger partial charge in [-0.3, -0.25) is 4.79 Å². The van der Waals surface area contributed by atoms with Crippen LogP contribution in [0, 0.1) is 5.82 Å². The summed E-state index contributed by atoms with van der Waals surface area (Å²) >= 11 is 0. The van der Waals surface area contributed by atoms with Gasteiger partial charge in [0.15, 0.2) is 0 Å². The summed E-state index contributed by atoms with van der Waals surface area (Å²) in [6.45, 7) is 0.345. The number of nitrogens with zero attached hydrogens (tertiary/aromatic N) is 3. The molecule has 0 aliphatic carbocycles. The molecule has 5 nitrogen and oxygen atoms in total. The summed E-state index contributed by atoms with van der Waals surface area (Å²) in [5.41, 5.74) is 3.03. The molecule has 2 aromatic rings. The van der Waals surface area contributed by atoms with Crippen LogP contribution in [0.1, 0.15) is 29.3 Å². The molecule has 7 heteroatoms. The molecule has 1 aromatic heterocycles. The molecular formula is C20H25FN4OS. The first-order valence-corrected chi connectivity index (χ1v) is 11.6. The number of carbonyl (C=O) groups excluding carboxylic acids is 1. The van der Waals surface area contributed by atoms with Crippen molar-refractivity contribution in [2.45, 2.75) is 23.0 Å². The normalized spacial score (nSPS) is 26.1. The number of benzene rings is 1. The van der Waals surface area contributed by atoms with Gasteiger partial charge < -0.3 is 10.2 Å². The molecule has 2 atom stereocenters. The van der Waals surface area contributed by atoms with Gasteiger partial charge in [-0.2, -0.15) is 10.2 Å². The fourth-order valence-corrected chi connectivity index (χ4v) is 8.23. The van der Waals surface area contributed by atoms with E-state index in [2.05, 4.69) is 28.0 Å². The Morgan fingerprint density at radius 2 is 2.07 bits per heavy atom. The SMILES string of the molecule is CN(C)CC(=O)N[C@@]12CC[C@@H](c3cc(-c4ccccc4F)nnc31)S2(C)C. The molecule has 1 amide bonds. The topological polar surface area (TPSA) is 58.1 Å². The maximum atomic E-state index is 14.2. The third kappa shape index (κ3) is 2.67. The number of hydrogen-bond donors (Lipinski definition) is 1. The van der Waals surface area contributed by atoms with Crippen molar-refractivity contribution in [1.29, 1.82) is 0 Å². The number of amides is 1. The van der Waals surface area contributed by atoms with E-state index in [0.29, 0.717) is 23.1 Å². The lowest BCUT2D eigenvalue weighted by Gasteiger charge is -2.43. The zero-order valence-electron chi connectivity index (χ0n) is 16.1. The summed E-state index contributed by atoms with van der Waals surface area (Å²) in [5.74, 6) is -0.287. The Morgan fingerprint density at radius 3 is 2.78 bits per heavy atom. The fourth-order valence-electron chi connectivity index (χ4n) is 4.55. The van der Waals surface area contributed by atoms with E-state index in [4.69, 9.17) is 0 Å². The summed E-state index contributed by atoms with van der Waals surface area (Å²) in [4.78, 5) is 14.0. The van der Waals surface area contributed by atoms with Gasteiger partial charge in [0.2, 0.25) is 5.91 Å². The molecule has 2 bridgehead atoms. The minimum Gasteiger partial charge on any atom is -0.336 e. The first kappa shape index (κ1) is 18.4. The molecule has 144 valence electrons. The van der Waals surface area contributed by atoms with Crippen LogP contribution >= 0.6 is 10.0 Å². The van der Waals surface area contributed by atoms with Gasteiger partial charge >= 0.3 is 0 Å². The van der Waals surface area contributed by atoms with Gasteiger partial charge in [0.05, 0.1) is 12.2 Å². The predicted molar refractivity (Wildman–Crippen MR) is 107 cm³/mol. The van der Waals surface area contributed by atoms with E-state index >= 15 is 0 Å². The number of aromatic nitrogens is 2. The molecule has 1 aromatic carbocycles. The van der Waals surface area contributed by atoms with Gasteiger partial charge in [0.1, 0.15) is 16.4 Å². The summed E-state index contributed by atoms with van der Waals surface area (Å²) in [5, 5.41) is 12.5. The Bertz CT molecular complexity index is 917. The molecule has 3 heterocycles. The number of likely N-dealkylation sites (N-methyl/N-ethyl adjacent to an activating group) is 1. The van der Waals surface area contributed by atoms with Crippen molar-refractivity contribution < 1.29 is 9.18 Å². The molecule has 1 fully saturated rings. The van der Waals surface area contributed by atoms with Crippen LogP contribution in [0.2, 0.25) is 0 Å². The Morgan fingerprint density at radius 1 is 1.33 bits per heavy atom. The number of hydrogen-bond acceptors (Lipinski definition) is 4. The van der Waals surface area contributed by atoms with E-state index in [9.17, 15) is 9.18 Å². The van der Waals surface area contributed by atoms with Crippen LogP contribution < -0.4 is 5.32 Å². The maximum absolute atomic E-state index is 14.2. The number of nitrogens with one attached hydrogen (secondary N) is 1. The van der Waals surface area contributed by atoms with Gasteiger partial charge in [-0.05, 0) is 63.2 Å². The van der Waals surface area contributed by atoms with E-state index in [0.717, 1.165) is 24.1 Å².